The molecule has 1 aliphatic heterocycles. The van der Waals surface area contributed by atoms with Crippen LogP contribution in [0.2, 0.25) is 0 Å². The van der Waals surface area contributed by atoms with Crippen molar-refractivity contribution >= 4 is 5.91 Å². The first-order valence-corrected chi connectivity index (χ1v) is 8.94. The second kappa shape index (κ2) is 6.75. The highest BCUT2D eigenvalue weighted by molar-refractivity contribution is 5.95. The van der Waals surface area contributed by atoms with Gasteiger partial charge < -0.3 is 4.90 Å². The summed E-state index contributed by atoms with van der Waals surface area (Å²) in [5, 5.41) is 4.27. The average Bonchev–Trinajstić information content (AvgIpc) is 3.33. The summed E-state index contributed by atoms with van der Waals surface area (Å²) in [6.45, 7) is 5.67. The molecule has 1 unspecified atom stereocenters. The van der Waals surface area contributed by atoms with E-state index in [9.17, 15) is 4.79 Å². The molecule has 1 amide bonds. The Labute approximate surface area is 153 Å². The largest absolute Gasteiger partial charge is 0.338 e. The zero-order chi connectivity index (χ0) is 18.1. The third kappa shape index (κ3) is 3.01. The van der Waals surface area contributed by atoms with E-state index >= 15 is 0 Å². The summed E-state index contributed by atoms with van der Waals surface area (Å²) >= 11 is 0. The SMILES string of the molecule is Cc1ccncc1C1CCN(C(=O)c2ccc(-n3cccn3)c(C)c2)C1. The summed E-state index contributed by atoms with van der Waals surface area (Å²) in [4.78, 5) is 19.2. The molecule has 5 nitrogen and oxygen atoms in total. The maximum atomic E-state index is 12.9. The fourth-order valence-electron chi connectivity index (χ4n) is 3.74. The molecule has 3 aromatic rings. The molecule has 0 N–H and O–H groups in total. The number of carbonyl (C=O) groups excluding carboxylic acids is 1. The molecule has 0 radical (unpaired) electrons. The fraction of sp³-hybridized carbons (Fsp3) is 0.286. The lowest BCUT2D eigenvalue weighted by atomic mass is 9.96. The van der Waals surface area contributed by atoms with Crippen LogP contribution < -0.4 is 0 Å². The molecule has 3 heterocycles. The highest BCUT2D eigenvalue weighted by Gasteiger charge is 2.29. The molecule has 2 aromatic heterocycles. The predicted octanol–water partition coefficient (Wildman–Crippen LogP) is 3.51. The van der Waals surface area contributed by atoms with Gasteiger partial charge in [0, 0.05) is 49.4 Å². The monoisotopic (exact) mass is 346 g/mol. The lowest BCUT2D eigenvalue weighted by molar-refractivity contribution is 0.0790. The zero-order valence-corrected chi connectivity index (χ0v) is 15.1. The number of aryl methyl sites for hydroxylation is 2. The molecule has 0 bridgehead atoms. The highest BCUT2D eigenvalue weighted by Crippen LogP contribution is 2.30. The molecule has 0 saturated carbocycles. The maximum absolute atomic E-state index is 12.9. The second-order valence-electron chi connectivity index (χ2n) is 6.92. The minimum absolute atomic E-state index is 0.101. The standard InChI is InChI=1S/C21H22N4O/c1-15-6-9-22-13-19(15)18-7-11-24(14-18)21(26)17-4-5-20(16(2)12-17)25-10-3-8-23-25/h3-6,8-10,12-13,18H,7,11,14H2,1-2H3. The van der Waals surface area contributed by atoms with E-state index < -0.39 is 0 Å². The molecule has 0 aliphatic carbocycles. The highest BCUT2D eigenvalue weighted by atomic mass is 16.2. The first-order valence-electron chi connectivity index (χ1n) is 8.94. The average molecular weight is 346 g/mol. The van der Waals surface area contributed by atoms with Crippen molar-refractivity contribution in [2.24, 2.45) is 0 Å². The number of aromatic nitrogens is 3. The van der Waals surface area contributed by atoms with Crippen LogP contribution in [0.4, 0.5) is 0 Å². The molecule has 26 heavy (non-hydrogen) atoms. The first-order chi connectivity index (χ1) is 12.6. The predicted molar refractivity (Wildman–Crippen MR) is 101 cm³/mol. The van der Waals surface area contributed by atoms with Gasteiger partial charge in [-0.25, -0.2) is 4.68 Å². The molecule has 1 aliphatic rings. The lowest BCUT2D eigenvalue weighted by Gasteiger charge is -2.18. The second-order valence-corrected chi connectivity index (χ2v) is 6.92. The molecule has 4 rings (SSSR count). The van der Waals surface area contributed by atoms with Crippen LogP contribution in [-0.4, -0.2) is 38.7 Å². The van der Waals surface area contributed by atoms with Crippen molar-refractivity contribution in [3.63, 3.8) is 0 Å². The zero-order valence-electron chi connectivity index (χ0n) is 15.1. The van der Waals surface area contributed by atoms with Gasteiger partial charge >= 0.3 is 0 Å². The number of rotatable bonds is 3. The van der Waals surface area contributed by atoms with E-state index in [0.29, 0.717) is 5.92 Å². The number of hydrogen-bond acceptors (Lipinski definition) is 3. The summed E-state index contributed by atoms with van der Waals surface area (Å²) in [6, 6.07) is 9.76. The van der Waals surface area contributed by atoms with Crippen LogP contribution in [0.3, 0.4) is 0 Å². The Morgan fingerprint density at radius 1 is 1.15 bits per heavy atom. The van der Waals surface area contributed by atoms with Crippen molar-refractivity contribution in [3.05, 3.63) is 77.4 Å². The smallest absolute Gasteiger partial charge is 0.253 e. The van der Waals surface area contributed by atoms with Crippen LogP contribution in [0.1, 0.15) is 39.4 Å². The van der Waals surface area contributed by atoms with Gasteiger partial charge in [0.25, 0.3) is 5.91 Å². The van der Waals surface area contributed by atoms with E-state index in [1.54, 1.807) is 6.20 Å². The Bertz CT molecular complexity index is 933. The topological polar surface area (TPSA) is 51.0 Å². The quantitative estimate of drug-likeness (QED) is 0.729. The molecule has 132 valence electrons. The Hall–Kier alpha value is -2.95. The third-order valence-corrected chi connectivity index (χ3v) is 5.19. The summed E-state index contributed by atoms with van der Waals surface area (Å²) in [5.74, 6) is 0.473. The molecular formula is C21H22N4O. The third-order valence-electron chi connectivity index (χ3n) is 5.19. The maximum Gasteiger partial charge on any atom is 0.253 e. The van der Waals surface area contributed by atoms with Crippen LogP contribution in [0, 0.1) is 13.8 Å². The van der Waals surface area contributed by atoms with Gasteiger partial charge in [-0.15, -0.1) is 0 Å². The molecule has 1 atom stereocenters. The lowest BCUT2D eigenvalue weighted by Crippen LogP contribution is -2.28. The summed E-state index contributed by atoms with van der Waals surface area (Å²) in [5.41, 5.74) is 5.28. The van der Waals surface area contributed by atoms with Crippen LogP contribution in [-0.2, 0) is 0 Å². The number of benzene rings is 1. The number of nitrogens with zero attached hydrogens (tertiary/aromatic N) is 4. The minimum Gasteiger partial charge on any atom is -0.338 e. The minimum atomic E-state index is 0.101. The van der Waals surface area contributed by atoms with Crippen LogP contribution in [0.5, 0.6) is 0 Å². The summed E-state index contributed by atoms with van der Waals surface area (Å²) in [6.07, 6.45) is 8.41. The van der Waals surface area contributed by atoms with Crippen molar-refractivity contribution in [2.45, 2.75) is 26.2 Å². The summed E-state index contributed by atoms with van der Waals surface area (Å²) < 4.78 is 1.82. The molecule has 1 fully saturated rings. The van der Waals surface area contributed by atoms with Crippen molar-refractivity contribution in [1.82, 2.24) is 19.7 Å². The van der Waals surface area contributed by atoms with Gasteiger partial charge in [-0.1, -0.05) is 0 Å². The normalized spacial score (nSPS) is 16.8. The van der Waals surface area contributed by atoms with Gasteiger partial charge in [0.2, 0.25) is 0 Å². The van der Waals surface area contributed by atoms with Crippen LogP contribution >= 0.6 is 0 Å². The molecule has 1 saturated heterocycles. The van der Waals surface area contributed by atoms with E-state index in [1.807, 2.05) is 65.4 Å². The van der Waals surface area contributed by atoms with Gasteiger partial charge in [-0.05, 0) is 67.3 Å². The Kier molecular flexibility index (Phi) is 4.29. The number of hydrogen-bond donors (Lipinski definition) is 0. The van der Waals surface area contributed by atoms with Crippen LogP contribution in [0.15, 0.2) is 55.1 Å². The van der Waals surface area contributed by atoms with Crippen molar-refractivity contribution in [1.29, 1.82) is 0 Å². The van der Waals surface area contributed by atoms with Gasteiger partial charge in [-0.2, -0.15) is 5.10 Å². The van der Waals surface area contributed by atoms with Gasteiger partial charge in [0.1, 0.15) is 0 Å². The number of pyridine rings is 1. The van der Waals surface area contributed by atoms with E-state index in [-0.39, 0.29) is 5.91 Å². The van der Waals surface area contributed by atoms with Crippen molar-refractivity contribution in [3.8, 4) is 5.69 Å². The van der Waals surface area contributed by atoms with Crippen LogP contribution in [0.25, 0.3) is 5.69 Å². The Morgan fingerprint density at radius 2 is 2.04 bits per heavy atom. The van der Waals surface area contributed by atoms with Gasteiger partial charge in [-0.3, -0.25) is 9.78 Å². The molecule has 1 aromatic carbocycles. The Balaban J connectivity index is 1.52. The van der Waals surface area contributed by atoms with Gasteiger partial charge in [0.05, 0.1) is 5.69 Å². The molecule has 0 spiro atoms. The Morgan fingerprint density at radius 3 is 2.77 bits per heavy atom. The van der Waals surface area contributed by atoms with Crippen molar-refractivity contribution in [2.75, 3.05) is 13.1 Å². The number of likely N-dealkylation sites (tertiary alicyclic amines) is 1. The number of carbonyl (C=O) groups is 1. The van der Waals surface area contributed by atoms with E-state index in [0.717, 1.165) is 36.3 Å². The molecule has 5 heteroatoms. The number of amides is 1. The van der Waals surface area contributed by atoms with E-state index in [1.165, 1.54) is 11.1 Å². The van der Waals surface area contributed by atoms with E-state index in [4.69, 9.17) is 0 Å². The fourth-order valence-corrected chi connectivity index (χ4v) is 3.74. The summed E-state index contributed by atoms with van der Waals surface area (Å²) in [7, 11) is 0. The van der Waals surface area contributed by atoms with E-state index in [2.05, 4.69) is 17.0 Å². The first kappa shape index (κ1) is 16.5. The van der Waals surface area contributed by atoms with Crippen molar-refractivity contribution < 1.29 is 4.79 Å². The molecular weight excluding hydrogens is 324 g/mol. The van der Waals surface area contributed by atoms with Gasteiger partial charge in [0.15, 0.2) is 0 Å².